The minimum absolute atomic E-state index is 0.118. The number of hydrogen-bond acceptors (Lipinski definition) is 3. The van der Waals surface area contributed by atoms with Crippen LogP contribution in [0, 0.1) is 0 Å². The van der Waals surface area contributed by atoms with Crippen LogP contribution in [0.3, 0.4) is 0 Å². The lowest BCUT2D eigenvalue weighted by Gasteiger charge is -2.11. The van der Waals surface area contributed by atoms with Crippen LogP contribution in [0.2, 0.25) is 0 Å². The highest BCUT2D eigenvalue weighted by molar-refractivity contribution is 7.18. The Labute approximate surface area is 146 Å². The van der Waals surface area contributed by atoms with Gasteiger partial charge in [-0.25, -0.2) is 4.98 Å². The van der Waals surface area contributed by atoms with Gasteiger partial charge in [0.05, 0.1) is 18.3 Å². The largest absolute Gasteiger partial charge is 0.294 e. The second-order valence-corrected chi connectivity index (χ2v) is 8.05. The molecule has 2 aromatic heterocycles. The second kappa shape index (κ2) is 6.17. The van der Waals surface area contributed by atoms with Gasteiger partial charge in [0.15, 0.2) is 0 Å². The number of nitrogens with zero attached hydrogens (tertiary/aromatic N) is 2. The molecule has 0 spiro atoms. The molecule has 1 aliphatic carbocycles. The van der Waals surface area contributed by atoms with Crippen molar-refractivity contribution in [3.8, 4) is 0 Å². The maximum Gasteiger partial charge on any atom is 0.262 e. The van der Waals surface area contributed by atoms with E-state index in [4.69, 9.17) is 0 Å². The van der Waals surface area contributed by atoms with E-state index in [1.165, 1.54) is 28.8 Å². The fourth-order valence-corrected chi connectivity index (χ4v) is 4.72. The molecule has 0 unspecified atom stereocenters. The second-order valence-electron chi connectivity index (χ2n) is 6.96. The number of thiophene rings is 1. The topological polar surface area (TPSA) is 34.9 Å². The van der Waals surface area contributed by atoms with Crippen LogP contribution in [0.5, 0.6) is 0 Å². The first-order chi connectivity index (χ1) is 11.6. The number of aromatic nitrogens is 2. The molecule has 24 heavy (non-hydrogen) atoms. The Morgan fingerprint density at radius 1 is 1.17 bits per heavy atom. The smallest absolute Gasteiger partial charge is 0.262 e. The molecule has 4 rings (SSSR count). The molecule has 3 aromatic rings. The molecule has 0 amide bonds. The van der Waals surface area contributed by atoms with E-state index in [9.17, 15) is 4.79 Å². The molecule has 0 atom stereocenters. The van der Waals surface area contributed by atoms with Crippen LogP contribution in [-0.4, -0.2) is 9.55 Å². The van der Waals surface area contributed by atoms with E-state index in [0.29, 0.717) is 12.5 Å². The van der Waals surface area contributed by atoms with Gasteiger partial charge >= 0.3 is 0 Å². The van der Waals surface area contributed by atoms with E-state index in [-0.39, 0.29) is 5.56 Å². The molecule has 124 valence electrons. The van der Waals surface area contributed by atoms with Crippen molar-refractivity contribution in [2.75, 3.05) is 0 Å². The van der Waals surface area contributed by atoms with Crippen LogP contribution in [0.1, 0.15) is 54.2 Å². The third-order valence-corrected chi connectivity index (χ3v) is 6.14. The molecule has 0 N–H and O–H groups in total. The number of aryl methyl sites for hydroxylation is 2. The summed E-state index contributed by atoms with van der Waals surface area (Å²) in [4.78, 5) is 19.8. The average Bonchev–Trinajstić information content (AvgIpc) is 2.97. The zero-order valence-corrected chi connectivity index (χ0v) is 15.0. The van der Waals surface area contributed by atoms with Crippen molar-refractivity contribution in [3.05, 3.63) is 62.5 Å². The monoisotopic (exact) mass is 338 g/mol. The molecule has 0 saturated heterocycles. The Bertz CT molecular complexity index is 935. The lowest BCUT2D eigenvalue weighted by Crippen LogP contribution is -2.21. The average molecular weight is 338 g/mol. The summed E-state index contributed by atoms with van der Waals surface area (Å²) in [5.74, 6) is 0.525. The summed E-state index contributed by atoms with van der Waals surface area (Å²) in [6.07, 6.45) is 6.26. The van der Waals surface area contributed by atoms with E-state index >= 15 is 0 Å². The van der Waals surface area contributed by atoms with Gasteiger partial charge in [0.1, 0.15) is 4.83 Å². The first kappa shape index (κ1) is 15.6. The molecule has 0 bridgehead atoms. The highest BCUT2D eigenvalue weighted by atomic mass is 32.1. The van der Waals surface area contributed by atoms with Crippen molar-refractivity contribution in [1.29, 1.82) is 0 Å². The standard InChI is InChI=1S/C20H22N2OS/c1-13(2)15-9-7-14(8-10-15)11-22-12-21-19-18(20(22)23)16-5-3-4-6-17(16)24-19/h7-10,12-13H,3-6,11H2,1-2H3. The fourth-order valence-electron chi connectivity index (χ4n) is 3.50. The molecule has 0 fully saturated rings. The molecule has 3 nitrogen and oxygen atoms in total. The van der Waals surface area contributed by atoms with E-state index in [1.807, 2.05) is 0 Å². The minimum atomic E-state index is 0.118. The molecule has 1 aliphatic rings. The first-order valence-corrected chi connectivity index (χ1v) is 9.53. The summed E-state index contributed by atoms with van der Waals surface area (Å²) < 4.78 is 1.76. The Morgan fingerprint density at radius 3 is 2.67 bits per heavy atom. The van der Waals surface area contributed by atoms with Crippen molar-refractivity contribution in [2.24, 2.45) is 0 Å². The maximum atomic E-state index is 13.0. The third-order valence-electron chi connectivity index (χ3n) is 4.94. The minimum Gasteiger partial charge on any atom is -0.294 e. The van der Waals surface area contributed by atoms with Gasteiger partial charge < -0.3 is 0 Å². The molecule has 4 heteroatoms. The molecule has 0 aliphatic heterocycles. The van der Waals surface area contributed by atoms with Crippen molar-refractivity contribution < 1.29 is 0 Å². The van der Waals surface area contributed by atoms with Crippen LogP contribution in [0.4, 0.5) is 0 Å². The van der Waals surface area contributed by atoms with Crippen molar-refractivity contribution in [1.82, 2.24) is 9.55 Å². The Balaban J connectivity index is 1.72. The van der Waals surface area contributed by atoms with Crippen LogP contribution in [0.25, 0.3) is 10.2 Å². The first-order valence-electron chi connectivity index (χ1n) is 8.72. The fraction of sp³-hybridized carbons (Fsp3) is 0.400. The van der Waals surface area contributed by atoms with Crippen LogP contribution >= 0.6 is 11.3 Å². The molecule has 0 radical (unpaired) electrons. The Morgan fingerprint density at radius 2 is 1.92 bits per heavy atom. The van der Waals surface area contributed by atoms with Crippen molar-refractivity contribution in [3.63, 3.8) is 0 Å². The van der Waals surface area contributed by atoms with E-state index in [0.717, 1.165) is 28.6 Å². The van der Waals surface area contributed by atoms with Gasteiger partial charge in [-0.15, -0.1) is 11.3 Å². The zero-order chi connectivity index (χ0) is 16.7. The van der Waals surface area contributed by atoms with E-state index in [1.54, 1.807) is 22.2 Å². The summed E-state index contributed by atoms with van der Waals surface area (Å²) in [6, 6.07) is 8.55. The van der Waals surface area contributed by atoms with Gasteiger partial charge in [0, 0.05) is 4.88 Å². The molecule has 1 aromatic carbocycles. The van der Waals surface area contributed by atoms with Gasteiger partial charge in [0.2, 0.25) is 0 Å². The highest BCUT2D eigenvalue weighted by Crippen LogP contribution is 2.33. The van der Waals surface area contributed by atoms with Gasteiger partial charge in [-0.1, -0.05) is 38.1 Å². The summed E-state index contributed by atoms with van der Waals surface area (Å²) in [5.41, 5.74) is 3.86. The Kier molecular flexibility index (Phi) is 4.01. The third kappa shape index (κ3) is 2.69. The molecule has 2 heterocycles. The summed E-state index contributed by atoms with van der Waals surface area (Å²) in [5, 5.41) is 0.871. The number of fused-ring (bicyclic) bond motifs is 3. The van der Waals surface area contributed by atoms with E-state index in [2.05, 4.69) is 43.1 Å². The van der Waals surface area contributed by atoms with Crippen LogP contribution in [-0.2, 0) is 19.4 Å². The molecular formula is C20H22N2OS. The van der Waals surface area contributed by atoms with Crippen molar-refractivity contribution >= 4 is 21.6 Å². The predicted molar refractivity (Wildman–Crippen MR) is 100 cm³/mol. The molecule has 0 saturated carbocycles. The van der Waals surface area contributed by atoms with E-state index < -0.39 is 0 Å². The summed E-state index contributed by atoms with van der Waals surface area (Å²) in [7, 11) is 0. The van der Waals surface area contributed by atoms with Gasteiger partial charge in [-0.2, -0.15) is 0 Å². The summed E-state index contributed by atoms with van der Waals surface area (Å²) in [6.45, 7) is 4.97. The number of rotatable bonds is 3. The lowest BCUT2D eigenvalue weighted by molar-refractivity contribution is 0.697. The van der Waals surface area contributed by atoms with Gasteiger partial charge in [-0.3, -0.25) is 9.36 Å². The quantitative estimate of drug-likeness (QED) is 0.704. The van der Waals surface area contributed by atoms with Crippen LogP contribution < -0.4 is 5.56 Å². The van der Waals surface area contributed by atoms with Gasteiger partial charge in [-0.05, 0) is 48.3 Å². The molecular weight excluding hydrogens is 316 g/mol. The van der Waals surface area contributed by atoms with Crippen LogP contribution in [0.15, 0.2) is 35.4 Å². The van der Waals surface area contributed by atoms with Crippen molar-refractivity contribution in [2.45, 2.75) is 52.0 Å². The number of benzene rings is 1. The summed E-state index contributed by atoms with van der Waals surface area (Å²) >= 11 is 1.71. The number of hydrogen-bond donors (Lipinski definition) is 0. The zero-order valence-electron chi connectivity index (χ0n) is 14.2. The normalized spacial score (nSPS) is 14.3. The maximum absolute atomic E-state index is 13.0. The predicted octanol–water partition coefficient (Wildman–Crippen LogP) is 4.51. The SMILES string of the molecule is CC(C)c1ccc(Cn2cnc3sc4c(c3c2=O)CCCC4)cc1. The Hall–Kier alpha value is -1.94. The highest BCUT2D eigenvalue weighted by Gasteiger charge is 2.19. The van der Waals surface area contributed by atoms with Gasteiger partial charge in [0.25, 0.3) is 5.56 Å². The lowest BCUT2D eigenvalue weighted by atomic mass is 9.97.